The van der Waals surface area contributed by atoms with Crippen molar-refractivity contribution in [2.45, 2.75) is 5.37 Å². The molecule has 7 nitrogen and oxygen atoms in total. The van der Waals surface area contributed by atoms with Gasteiger partial charge in [-0.05, 0) is 29.7 Å². The van der Waals surface area contributed by atoms with Crippen LogP contribution in [0, 0.1) is 0 Å². The van der Waals surface area contributed by atoms with Crippen molar-refractivity contribution in [3.63, 3.8) is 0 Å². The molecule has 0 saturated carbocycles. The molecule has 2 aromatic heterocycles. The number of sulfone groups is 1. The number of nitrogens with zero attached hydrogens (tertiary/aromatic N) is 2. The van der Waals surface area contributed by atoms with E-state index in [1.165, 1.54) is 23.6 Å². The van der Waals surface area contributed by atoms with E-state index in [0.717, 1.165) is 4.90 Å². The van der Waals surface area contributed by atoms with Crippen molar-refractivity contribution < 1.29 is 52.7 Å². The van der Waals surface area contributed by atoms with Crippen molar-refractivity contribution in [1.82, 2.24) is 9.88 Å². The molecule has 4 rings (SSSR count). The molecule has 0 aliphatic carbocycles. The number of hydrogen-bond donors (Lipinski definition) is 0. The molecule has 2 aliphatic heterocycles. The molecule has 2 aliphatic rings. The van der Waals surface area contributed by atoms with Crippen LogP contribution in [-0.4, -0.2) is 41.3 Å². The molecule has 0 radical (unpaired) electrons. The minimum absolute atomic E-state index is 0. The van der Waals surface area contributed by atoms with Gasteiger partial charge >= 0.3 is 29.6 Å². The summed E-state index contributed by atoms with van der Waals surface area (Å²) < 4.78 is 25.5. The Morgan fingerprint density at radius 3 is 2.67 bits per heavy atom. The van der Waals surface area contributed by atoms with Crippen LogP contribution >= 0.6 is 11.3 Å². The molecule has 2 aromatic rings. The van der Waals surface area contributed by atoms with Crippen LogP contribution in [0.25, 0.3) is 11.6 Å². The normalized spacial score (nSPS) is 22.1. The summed E-state index contributed by atoms with van der Waals surface area (Å²) in [4.78, 5) is 29.6. The van der Waals surface area contributed by atoms with Gasteiger partial charge in [-0.1, -0.05) is 12.1 Å². The zero-order valence-electron chi connectivity index (χ0n) is 14.2. The number of thiophene rings is 1. The first-order chi connectivity index (χ1) is 12.4. The van der Waals surface area contributed by atoms with E-state index in [9.17, 15) is 23.1 Å². The van der Waals surface area contributed by atoms with Crippen molar-refractivity contribution in [3.05, 3.63) is 63.7 Å². The van der Waals surface area contributed by atoms with Crippen LogP contribution in [0.3, 0.4) is 0 Å². The predicted molar refractivity (Wildman–Crippen MR) is 92.9 cm³/mol. The van der Waals surface area contributed by atoms with Crippen molar-refractivity contribution in [1.29, 1.82) is 0 Å². The third-order valence-corrected chi connectivity index (χ3v) is 6.95. The van der Waals surface area contributed by atoms with Crippen LogP contribution in [0.4, 0.5) is 0 Å². The molecule has 0 N–H and O–H groups in total. The smallest absolute Gasteiger partial charge is 0.543 e. The van der Waals surface area contributed by atoms with Crippen molar-refractivity contribution >= 4 is 44.7 Å². The third-order valence-electron chi connectivity index (χ3n) is 4.18. The van der Waals surface area contributed by atoms with Gasteiger partial charge in [-0.25, -0.2) is 8.42 Å². The Hall–Kier alpha value is -1.78. The fraction of sp³-hybridized carbons (Fsp3) is 0.118. The average Bonchev–Trinajstić information content (AvgIpc) is 3.13. The Bertz CT molecular complexity index is 1080. The SMILES string of the molecule is O=C([O-])C1=C(c2cccs2)CS(=O)(=O)[C@@H]2/C(=C/c3ccccn3)C(=O)N12.[Na+]. The summed E-state index contributed by atoms with van der Waals surface area (Å²) in [5.74, 6) is -2.71. The van der Waals surface area contributed by atoms with Gasteiger partial charge in [0.2, 0.25) is 0 Å². The summed E-state index contributed by atoms with van der Waals surface area (Å²) in [5, 5.41) is 12.1. The number of carboxylic acid groups (broad SMARTS) is 1. The second-order valence-corrected chi connectivity index (χ2v) is 8.79. The molecule has 10 heteroatoms. The number of amides is 1. The van der Waals surface area contributed by atoms with Gasteiger partial charge in [0.15, 0.2) is 15.2 Å². The van der Waals surface area contributed by atoms with Gasteiger partial charge in [-0.3, -0.25) is 14.7 Å². The maximum absolute atomic E-state index is 12.8. The van der Waals surface area contributed by atoms with E-state index in [1.807, 2.05) is 0 Å². The number of fused-ring (bicyclic) bond motifs is 1. The number of β-lactam (4-membered cyclic amide) rings is 1. The van der Waals surface area contributed by atoms with E-state index in [2.05, 4.69) is 4.98 Å². The maximum atomic E-state index is 12.8. The van der Waals surface area contributed by atoms with Gasteiger partial charge in [0.05, 0.1) is 28.7 Å². The molecular formula is C17H11N2NaO5S2. The van der Waals surface area contributed by atoms with Crippen LogP contribution in [-0.2, 0) is 19.4 Å². The summed E-state index contributed by atoms with van der Waals surface area (Å²) in [6.45, 7) is 0. The standard InChI is InChI=1S/C17H12N2O5S2.Na/c20-15-11(8-10-4-1-2-6-18-10)16-19(15)14(17(21)22)12(9-26(16,23)24)13-5-3-7-25-13;/h1-8,16H,9H2,(H,21,22);/q;+1/p-1/b11-8+;/t16-;/m1./s1. The van der Waals surface area contributed by atoms with E-state index < -0.39 is 32.8 Å². The second-order valence-electron chi connectivity index (χ2n) is 5.78. The van der Waals surface area contributed by atoms with E-state index in [4.69, 9.17) is 0 Å². The van der Waals surface area contributed by atoms with Gasteiger partial charge in [0.1, 0.15) is 0 Å². The first-order valence-electron chi connectivity index (χ1n) is 7.56. The zero-order chi connectivity index (χ0) is 18.5. The Morgan fingerprint density at radius 1 is 1.30 bits per heavy atom. The number of hydrogen-bond acceptors (Lipinski definition) is 7. The Balaban J connectivity index is 0.00000210. The zero-order valence-corrected chi connectivity index (χ0v) is 17.8. The second kappa shape index (κ2) is 7.33. The van der Waals surface area contributed by atoms with Crippen LogP contribution in [0.1, 0.15) is 10.6 Å². The molecular weight excluding hydrogens is 399 g/mol. The van der Waals surface area contributed by atoms with Gasteiger partial charge in [0.25, 0.3) is 5.91 Å². The van der Waals surface area contributed by atoms with Gasteiger partial charge in [-0.2, -0.15) is 0 Å². The monoisotopic (exact) mass is 410 g/mol. The number of aliphatic carboxylic acids is 1. The summed E-state index contributed by atoms with van der Waals surface area (Å²) >= 11 is 1.21. The summed E-state index contributed by atoms with van der Waals surface area (Å²) in [5.41, 5.74) is 0.137. The fourth-order valence-electron chi connectivity index (χ4n) is 3.10. The minimum Gasteiger partial charge on any atom is -0.543 e. The van der Waals surface area contributed by atoms with Gasteiger partial charge in [-0.15, -0.1) is 11.3 Å². The largest absolute Gasteiger partial charge is 1.00 e. The summed E-state index contributed by atoms with van der Waals surface area (Å²) in [7, 11) is -3.80. The quantitative estimate of drug-likeness (QED) is 0.309. The number of aromatic nitrogens is 1. The predicted octanol–water partition coefficient (Wildman–Crippen LogP) is -2.71. The fourth-order valence-corrected chi connectivity index (χ4v) is 5.90. The topological polar surface area (TPSA) is 107 Å². The molecule has 1 atom stereocenters. The van der Waals surface area contributed by atoms with Crippen LogP contribution in [0.15, 0.2) is 53.2 Å². The van der Waals surface area contributed by atoms with E-state index >= 15 is 0 Å². The van der Waals surface area contributed by atoms with Gasteiger partial charge in [0, 0.05) is 16.6 Å². The molecule has 1 fully saturated rings. The first kappa shape index (κ1) is 20.0. The third kappa shape index (κ3) is 3.30. The molecule has 27 heavy (non-hydrogen) atoms. The minimum atomic E-state index is -3.80. The molecule has 1 saturated heterocycles. The Morgan fingerprint density at radius 2 is 2.07 bits per heavy atom. The van der Waals surface area contributed by atoms with E-state index in [1.54, 1.807) is 35.7 Å². The number of carbonyl (C=O) groups excluding carboxylic acids is 2. The molecule has 0 bridgehead atoms. The maximum Gasteiger partial charge on any atom is 1.00 e. The van der Waals surface area contributed by atoms with Crippen molar-refractivity contribution in [2.24, 2.45) is 0 Å². The van der Waals surface area contributed by atoms with Crippen molar-refractivity contribution in [3.8, 4) is 0 Å². The summed E-state index contributed by atoms with van der Waals surface area (Å²) in [6, 6.07) is 8.33. The number of pyridine rings is 1. The van der Waals surface area contributed by atoms with E-state index in [-0.39, 0.29) is 46.4 Å². The van der Waals surface area contributed by atoms with Crippen LogP contribution < -0.4 is 34.7 Å². The van der Waals surface area contributed by atoms with Crippen LogP contribution in [0.2, 0.25) is 0 Å². The van der Waals surface area contributed by atoms with Crippen molar-refractivity contribution in [2.75, 3.05) is 5.75 Å². The Kier molecular flexibility index (Phi) is 5.42. The molecule has 4 heterocycles. The first-order valence-corrected chi connectivity index (χ1v) is 10.2. The van der Waals surface area contributed by atoms with E-state index in [0.29, 0.717) is 10.6 Å². The molecule has 0 spiro atoms. The summed E-state index contributed by atoms with van der Waals surface area (Å²) in [6.07, 6.45) is 2.90. The Labute approximate surface area is 181 Å². The number of carbonyl (C=O) groups is 2. The molecule has 1 amide bonds. The molecule has 132 valence electrons. The molecule has 0 unspecified atom stereocenters. The average molecular weight is 410 g/mol. The van der Waals surface area contributed by atoms with Crippen LogP contribution in [0.5, 0.6) is 0 Å². The number of carboxylic acids is 1. The molecule has 0 aromatic carbocycles. The van der Waals surface area contributed by atoms with Gasteiger partial charge < -0.3 is 9.90 Å². The number of rotatable bonds is 3.